The van der Waals surface area contributed by atoms with Gasteiger partial charge in [-0.15, -0.1) is 0 Å². The van der Waals surface area contributed by atoms with Gasteiger partial charge < -0.3 is 10.0 Å². The van der Waals surface area contributed by atoms with Crippen LogP contribution >= 0.6 is 0 Å². The molecular weight excluding hydrogens is 404 g/mol. The number of fused-ring (bicyclic) bond motifs is 1. The lowest BCUT2D eigenvalue weighted by Crippen LogP contribution is -2.29. The molecule has 0 bridgehead atoms. The van der Waals surface area contributed by atoms with Crippen LogP contribution < -0.4 is 0 Å². The van der Waals surface area contributed by atoms with Crippen molar-refractivity contribution in [2.45, 2.75) is 19.5 Å². The number of aryl methyl sites for hydroxylation is 1. The van der Waals surface area contributed by atoms with Gasteiger partial charge in [0.2, 0.25) is 0 Å². The number of imidazole rings is 1. The van der Waals surface area contributed by atoms with Gasteiger partial charge >= 0.3 is 0 Å². The van der Waals surface area contributed by atoms with Crippen LogP contribution in [0.5, 0.6) is 0 Å². The topological polar surface area (TPSA) is 87.8 Å². The van der Waals surface area contributed by atoms with Crippen molar-refractivity contribution < 1.29 is 14.7 Å². The molecular formula is C25H20N4O3. The summed E-state index contributed by atoms with van der Waals surface area (Å²) in [6.45, 7) is 2.00. The van der Waals surface area contributed by atoms with E-state index in [1.165, 1.54) is 4.90 Å². The molecule has 0 radical (unpaired) electrons. The summed E-state index contributed by atoms with van der Waals surface area (Å²) < 4.78 is 1.72. The van der Waals surface area contributed by atoms with Crippen LogP contribution in [-0.4, -0.2) is 36.1 Å². The van der Waals surface area contributed by atoms with Crippen LogP contribution in [0.3, 0.4) is 0 Å². The highest BCUT2D eigenvalue weighted by Gasteiger charge is 2.46. The third-order valence-electron chi connectivity index (χ3n) is 5.66. The Morgan fingerprint density at radius 1 is 1.03 bits per heavy atom. The fourth-order valence-electron chi connectivity index (χ4n) is 4.23. The number of amides is 1. The summed E-state index contributed by atoms with van der Waals surface area (Å²) in [5.41, 5.74) is 3.17. The maximum atomic E-state index is 13.2. The van der Waals surface area contributed by atoms with E-state index in [4.69, 9.17) is 0 Å². The molecule has 7 heteroatoms. The molecule has 1 saturated heterocycles. The summed E-state index contributed by atoms with van der Waals surface area (Å²) in [5, 5.41) is 11.4. The van der Waals surface area contributed by atoms with E-state index in [2.05, 4.69) is 9.97 Å². The monoisotopic (exact) mass is 424 g/mol. The number of nitrogens with zero attached hydrogens (tertiary/aromatic N) is 4. The van der Waals surface area contributed by atoms with E-state index < -0.39 is 17.7 Å². The molecule has 3 aromatic heterocycles. The normalized spacial score (nSPS) is 17.9. The quantitative estimate of drug-likeness (QED) is 0.307. The summed E-state index contributed by atoms with van der Waals surface area (Å²) in [5.74, 6) is -1.63. The first-order chi connectivity index (χ1) is 15.6. The number of Topliss-reactive ketones (excluding diaryl/α,β-unsaturated/α-hetero) is 1. The van der Waals surface area contributed by atoms with E-state index in [0.29, 0.717) is 22.6 Å². The number of aliphatic hydroxyl groups is 1. The predicted octanol–water partition coefficient (Wildman–Crippen LogP) is 3.66. The molecule has 0 saturated carbocycles. The zero-order valence-corrected chi connectivity index (χ0v) is 17.3. The maximum absolute atomic E-state index is 13.2. The van der Waals surface area contributed by atoms with E-state index in [-0.39, 0.29) is 17.9 Å². The lowest BCUT2D eigenvalue weighted by atomic mass is 9.97. The fourth-order valence-corrected chi connectivity index (χ4v) is 4.23. The van der Waals surface area contributed by atoms with Crippen LogP contribution in [0.2, 0.25) is 0 Å². The minimum Gasteiger partial charge on any atom is -0.505 e. The molecule has 158 valence electrons. The molecule has 1 aliphatic rings. The Bertz CT molecular complexity index is 1360. The number of hydrogen-bond acceptors (Lipinski definition) is 5. The van der Waals surface area contributed by atoms with E-state index >= 15 is 0 Å². The predicted molar refractivity (Wildman–Crippen MR) is 118 cm³/mol. The van der Waals surface area contributed by atoms with Gasteiger partial charge in [-0.25, -0.2) is 4.98 Å². The Morgan fingerprint density at radius 3 is 2.56 bits per heavy atom. The lowest BCUT2D eigenvalue weighted by molar-refractivity contribution is -0.140. The molecule has 32 heavy (non-hydrogen) atoms. The molecule has 0 aliphatic carbocycles. The van der Waals surface area contributed by atoms with Gasteiger partial charge in [-0.2, -0.15) is 0 Å². The number of benzene rings is 1. The van der Waals surface area contributed by atoms with Crippen molar-refractivity contribution >= 4 is 23.1 Å². The van der Waals surface area contributed by atoms with Gasteiger partial charge in [-0.3, -0.25) is 19.0 Å². The van der Waals surface area contributed by atoms with Crippen LogP contribution in [0.4, 0.5) is 0 Å². The largest absolute Gasteiger partial charge is 0.505 e. The molecule has 5 rings (SSSR count). The molecule has 1 N–H and O–H groups in total. The Balaban J connectivity index is 1.71. The number of pyridine rings is 2. The third kappa shape index (κ3) is 3.15. The summed E-state index contributed by atoms with van der Waals surface area (Å²) in [4.78, 5) is 36.5. The summed E-state index contributed by atoms with van der Waals surface area (Å²) >= 11 is 0. The molecule has 1 aliphatic heterocycles. The van der Waals surface area contributed by atoms with Gasteiger partial charge in [0.1, 0.15) is 11.3 Å². The molecule has 0 spiro atoms. The highest BCUT2D eigenvalue weighted by Crippen LogP contribution is 2.40. The minimum absolute atomic E-state index is 0.0349. The van der Waals surface area contributed by atoms with Crippen molar-refractivity contribution in [3.05, 3.63) is 107 Å². The lowest BCUT2D eigenvalue weighted by Gasteiger charge is -2.25. The second-order valence-corrected chi connectivity index (χ2v) is 7.67. The fraction of sp³-hybridized carbons (Fsp3) is 0.120. The zero-order valence-electron chi connectivity index (χ0n) is 17.3. The second kappa shape index (κ2) is 7.77. The number of aromatic nitrogens is 3. The van der Waals surface area contributed by atoms with Crippen molar-refractivity contribution in [3.8, 4) is 0 Å². The minimum atomic E-state index is -0.766. The van der Waals surface area contributed by atoms with Crippen LogP contribution in [-0.2, 0) is 16.1 Å². The van der Waals surface area contributed by atoms with Crippen LogP contribution in [0, 0.1) is 6.92 Å². The molecule has 1 amide bonds. The first-order valence-corrected chi connectivity index (χ1v) is 10.2. The molecule has 4 heterocycles. The van der Waals surface area contributed by atoms with Crippen molar-refractivity contribution in [3.63, 3.8) is 0 Å². The zero-order chi connectivity index (χ0) is 22.2. The standard InChI is InChI=1S/C25H20N4O3/c1-16-21(28-13-6-5-11-19(28)27-16)23(30)20-22(18-10-7-12-26-14-18)29(25(32)24(20)31)15-17-8-3-2-4-9-17/h2-14,22,30H,15H2,1H3/t22-/m1/s1. The van der Waals surface area contributed by atoms with E-state index in [1.807, 2.05) is 48.5 Å². The highest BCUT2D eigenvalue weighted by atomic mass is 16.3. The van der Waals surface area contributed by atoms with Gasteiger partial charge in [0.05, 0.1) is 17.3 Å². The number of likely N-dealkylation sites (tertiary alicyclic amines) is 1. The van der Waals surface area contributed by atoms with Crippen LogP contribution in [0.1, 0.15) is 28.6 Å². The van der Waals surface area contributed by atoms with Gasteiger partial charge in [-0.1, -0.05) is 42.5 Å². The Kier molecular flexibility index (Phi) is 4.78. The van der Waals surface area contributed by atoms with Crippen molar-refractivity contribution in [2.75, 3.05) is 0 Å². The number of carbonyl (C=O) groups is 2. The van der Waals surface area contributed by atoms with E-state index in [0.717, 1.165) is 5.56 Å². The number of carbonyl (C=O) groups excluding carboxylic acids is 2. The number of hydrogen-bond donors (Lipinski definition) is 1. The van der Waals surface area contributed by atoms with E-state index in [9.17, 15) is 14.7 Å². The van der Waals surface area contributed by atoms with Gasteiger partial charge in [0, 0.05) is 25.1 Å². The van der Waals surface area contributed by atoms with Crippen LogP contribution in [0.15, 0.2) is 84.8 Å². The van der Waals surface area contributed by atoms with Crippen LogP contribution in [0.25, 0.3) is 11.4 Å². The van der Waals surface area contributed by atoms with Crippen molar-refractivity contribution in [2.24, 2.45) is 0 Å². The molecule has 1 fully saturated rings. The highest BCUT2D eigenvalue weighted by molar-refractivity contribution is 6.46. The molecule has 0 unspecified atom stereocenters. The molecule has 4 aromatic rings. The number of aliphatic hydroxyl groups excluding tert-OH is 1. The molecule has 7 nitrogen and oxygen atoms in total. The Labute approximate surface area is 184 Å². The Morgan fingerprint density at radius 2 is 1.81 bits per heavy atom. The average Bonchev–Trinajstić information content (AvgIpc) is 3.28. The third-order valence-corrected chi connectivity index (χ3v) is 5.66. The summed E-state index contributed by atoms with van der Waals surface area (Å²) in [6, 6.07) is 17.7. The Hall–Kier alpha value is -4.26. The van der Waals surface area contributed by atoms with Gasteiger partial charge in [-0.05, 0) is 36.2 Å². The first-order valence-electron chi connectivity index (χ1n) is 10.2. The summed E-state index contributed by atoms with van der Waals surface area (Å²) in [6.07, 6.45) is 5.01. The van der Waals surface area contributed by atoms with Gasteiger partial charge in [0.15, 0.2) is 5.76 Å². The maximum Gasteiger partial charge on any atom is 0.295 e. The van der Waals surface area contributed by atoms with Crippen molar-refractivity contribution in [1.82, 2.24) is 19.3 Å². The number of rotatable bonds is 4. The van der Waals surface area contributed by atoms with Gasteiger partial charge in [0.25, 0.3) is 11.7 Å². The first kappa shape index (κ1) is 19.7. The second-order valence-electron chi connectivity index (χ2n) is 7.67. The molecule has 1 atom stereocenters. The van der Waals surface area contributed by atoms with E-state index in [1.54, 1.807) is 42.0 Å². The SMILES string of the molecule is Cc1nc2ccccn2c1C(O)=C1C(=O)C(=O)N(Cc2ccccc2)[C@@H]1c1cccnc1. The smallest absolute Gasteiger partial charge is 0.295 e. The van der Waals surface area contributed by atoms with Crippen molar-refractivity contribution in [1.29, 1.82) is 0 Å². The molecule has 1 aromatic carbocycles. The summed E-state index contributed by atoms with van der Waals surface area (Å²) in [7, 11) is 0. The number of ketones is 1. The average molecular weight is 424 g/mol.